The highest BCUT2D eigenvalue weighted by atomic mass is 79.9. The summed E-state index contributed by atoms with van der Waals surface area (Å²) in [5.74, 6) is -0.297. The first-order chi connectivity index (χ1) is 12.2. The van der Waals surface area contributed by atoms with Gasteiger partial charge in [0.1, 0.15) is 0 Å². The Hall–Kier alpha value is -2.07. The van der Waals surface area contributed by atoms with Crippen LogP contribution in [0.15, 0.2) is 48.5 Å². The maximum absolute atomic E-state index is 11.6. The van der Waals surface area contributed by atoms with Gasteiger partial charge in [0.15, 0.2) is 0 Å². The van der Waals surface area contributed by atoms with Crippen LogP contribution in [-0.2, 0) is 17.7 Å². The zero-order valence-corrected chi connectivity index (χ0v) is 16.2. The summed E-state index contributed by atoms with van der Waals surface area (Å²) in [6.07, 6.45) is 1.96. The fraction of sp³-hybridized carbons (Fsp3) is 0.286. The van der Waals surface area contributed by atoms with Crippen LogP contribution in [0.5, 0.6) is 0 Å². The van der Waals surface area contributed by atoms with Gasteiger partial charge in [0, 0.05) is 28.5 Å². The molecule has 3 nitrogen and oxygen atoms in total. The van der Waals surface area contributed by atoms with Crippen molar-refractivity contribution < 1.29 is 9.53 Å². The maximum atomic E-state index is 11.6. The van der Waals surface area contributed by atoms with Crippen LogP contribution in [0.1, 0.15) is 33.6 Å². The van der Waals surface area contributed by atoms with E-state index in [1.54, 1.807) is 0 Å². The van der Waals surface area contributed by atoms with Crippen molar-refractivity contribution in [2.24, 2.45) is 0 Å². The average molecular weight is 400 g/mol. The highest BCUT2D eigenvalue weighted by molar-refractivity contribution is 9.09. The van der Waals surface area contributed by atoms with Gasteiger partial charge in [-0.2, -0.15) is 0 Å². The minimum Gasteiger partial charge on any atom is -0.465 e. The Morgan fingerprint density at radius 2 is 1.84 bits per heavy atom. The van der Waals surface area contributed by atoms with Gasteiger partial charge in [0.2, 0.25) is 0 Å². The van der Waals surface area contributed by atoms with Crippen molar-refractivity contribution in [3.05, 3.63) is 70.9 Å². The summed E-state index contributed by atoms with van der Waals surface area (Å²) in [5.41, 5.74) is 5.75. The Balaban J connectivity index is 1.96. The number of carbonyl (C=O) groups excluding carboxylic acids is 1. The second kappa shape index (κ2) is 7.87. The van der Waals surface area contributed by atoms with Crippen LogP contribution in [-0.4, -0.2) is 23.0 Å². The van der Waals surface area contributed by atoms with E-state index >= 15 is 0 Å². The molecule has 0 aliphatic heterocycles. The van der Waals surface area contributed by atoms with Gasteiger partial charge in [0.05, 0.1) is 12.7 Å². The predicted octanol–water partition coefficient (Wildman–Crippen LogP) is 5.11. The number of halogens is 1. The van der Waals surface area contributed by atoms with Crippen molar-refractivity contribution in [3.63, 3.8) is 0 Å². The maximum Gasteiger partial charge on any atom is 0.337 e. The molecular formula is C21H22BrNO2. The quantitative estimate of drug-likeness (QED) is 0.425. The lowest BCUT2D eigenvalue weighted by Gasteiger charge is -2.08. The van der Waals surface area contributed by atoms with Crippen LogP contribution in [0.3, 0.4) is 0 Å². The van der Waals surface area contributed by atoms with Gasteiger partial charge in [-0.1, -0.05) is 46.3 Å². The summed E-state index contributed by atoms with van der Waals surface area (Å²) in [7, 11) is 1.40. The molecule has 2 aromatic carbocycles. The summed E-state index contributed by atoms with van der Waals surface area (Å²) in [6.45, 7) is 3.21. The van der Waals surface area contributed by atoms with Crippen molar-refractivity contribution in [3.8, 4) is 0 Å². The van der Waals surface area contributed by atoms with Gasteiger partial charge in [-0.15, -0.1) is 0 Å². The molecule has 0 unspecified atom stereocenters. The Bertz CT molecular complexity index is 881. The lowest BCUT2D eigenvalue weighted by atomic mass is 10.0. The molecule has 0 aliphatic carbocycles. The topological polar surface area (TPSA) is 31.2 Å². The van der Waals surface area contributed by atoms with E-state index in [0.29, 0.717) is 5.56 Å². The number of ether oxygens (including phenoxy) is 1. The monoisotopic (exact) mass is 399 g/mol. The summed E-state index contributed by atoms with van der Waals surface area (Å²) < 4.78 is 7.18. The second-order valence-electron chi connectivity index (χ2n) is 6.14. The Morgan fingerprint density at radius 1 is 1.12 bits per heavy atom. The molecule has 0 spiro atoms. The van der Waals surface area contributed by atoms with Gasteiger partial charge in [-0.25, -0.2) is 4.79 Å². The molecule has 0 bridgehead atoms. The van der Waals surface area contributed by atoms with E-state index in [2.05, 4.69) is 51.7 Å². The van der Waals surface area contributed by atoms with Crippen LogP contribution < -0.4 is 0 Å². The summed E-state index contributed by atoms with van der Waals surface area (Å²) in [5, 5.41) is 2.31. The molecule has 0 radical (unpaired) electrons. The molecule has 0 atom stereocenters. The van der Waals surface area contributed by atoms with E-state index in [-0.39, 0.29) is 5.97 Å². The van der Waals surface area contributed by atoms with Gasteiger partial charge >= 0.3 is 5.97 Å². The molecule has 0 aliphatic rings. The molecule has 0 N–H and O–H groups in total. The van der Waals surface area contributed by atoms with Gasteiger partial charge in [-0.05, 0) is 49.1 Å². The van der Waals surface area contributed by atoms with Crippen LogP contribution in [0, 0.1) is 6.92 Å². The smallest absolute Gasteiger partial charge is 0.337 e. The lowest BCUT2D eigenvalue weighted by Crippen LogP contribution is -2.02. The first-order valence-electron chi connectivity index (χ1n) is 8.45. The van der Waals surface area contributed by atoms with E-state index in [0.717, 1.165) is 24.7 Å². The number of rotatable bonds is 6. The average Bonchev–Trinajstić information content (AvgIpc) is 2.91. The highest BCUT2D eigenvalue weighted by Crippen LogP contribution is 2.28. The van der Waals surface area contributed by atoms with Gasteiger partial charge in [-0.3, -0.25) is 0 Å². The number of para-hydroxylation sites is 1. The highest BCUT2D eigenvalue weighted by Gasteiger charge is 2.14. The molecule has 0 amide bonds. The standard InChI is InChI=1S/C21H22BrNO2/c1-15-19(14-16-8-10-17(11-9-16)21(24)25-2)18-6-3-4-7-20(18)23(15)13-5-12-22/h3-4,6-11H,5,12-14H2,1-2H3. The minimum absolute atomic E-state index is 0.297. The number of methoxy groups -OCH3 is 1. The molecule has 130 valence electrons. The van der Waals surface area contributed by atoms with E-state index in [1.165, 1.54) is 34.8 Å². The van der Waals surface area contributed by atoms with E-state index in [4.69, 9.17) is 4.74 Å². The normalized spacial score (nSPS) is 11.0. The number of fused-ring (bicyclic) bond motifs is 1. The summed E-state index contributed by atoms with van der Waals surface area (Å²) in [6, 6.07) is 16.3. The number of alkyl halides is 1. The molecule has 0 saturated heterocycles. The Morgan fingerprint density at radius 3 is 2.52 bits per heavy atom. The fourth-order valence-electron chi connectivity index (χ4n) is 3.31. The third-order valence-electron chi connectivity index (χ3n) is 4.63. The van der Waals surface area contributed by atoms with Crippen LogP contribution in [0.2, 0.25) is 0 Å². The number of benzene rings is 2. The van der Waals surface area contributed by atoms with Crippen LogP contribution in [0.4, 0.5) is 0 Å². The molecule has 0 fully saturated rings. The number of esters is 1. The summed E-state index contributed by atoms with van der Waals surface area (Å²) >= 11 is 3.53. The fourth-order valence-corrected chi connectivity index (χ4v) is 3.56. The SMILES string of the molecule is COC(=O)c1ccc(Cc2c(C)n(CCCBr)c3ccccc23)cc1. The molecule has 0 saturated carbocycles. The van der Waals surface area contributed by atoms with E-state index < -0.39 is 0 Å². The molecule has 1 heterocycles. The number of nitrogens with zero attached hydrogens (tertiary/aromatic N) is 1. The Kier molecular flexibility index (Phi) is 5.59. The van der Waals surface area contributed by atoms with Crippen molar-refractivity contribution in [1.82, 2.24) is 4.57 Å². The molecule has 4 heteroatoms. The third-order valence-corrected chi connectivity index (χ3v) is 5.19. The number of hydrogen-bond donors (Lipinski definition) is 0. The van der Waals surface area contributed by atoms with E-state index in [9.17, 15) is 4.79 Å². The zero-order valence-electron chi connectivity index (χ0n) is 14.6. The van der Waals surface area contributed by atoms with Crippen molar-refractivity contribution in [2.75, 3.05) is 12.4 Å². The van der Waals surface area contributed by atoms with Gasteiger partial charge < -0.3 is 9.30 Å². The van der Waals surface area contributed by atoms with E-state index in [1.807, 2.05) is 24.3 Å². The third kappa shape index (κ3) is 3.64. The lowest BCUT2D eigenvalue weighted by molar-refractivity contribution is 0.0600. The number of aryl methyl sites for hydroxylation is 1. The first kappa shape index (κ1) is 17.7. The number of hydrogen-bond acceptors (Lipinski definition) is 2. The summed E-state index contributed by atoms with van der Waals surface area (Å²) in [4.78, 5) is 11.6. The van der Waals surface area contributed by atoms with Crippen molar-refractivity contribution >= 4 is 32.8 Å². The largest absolute Gasteiger partial charge is 0.465 e. The molecule has 3 aromatic rings. The predicted molar refractivity (Wildman–Crippen MR) is 106 cm³/mol. The van der Waals surface area contributed by atoms with Crippen molar-refractivity contribution in [1.29, 1.82) is 0 Å². The van der Waals surface area contributed by atoms with Crippen LogP contribution in [0.25, 0.3) is 10.9 Å². The van der Waals surface area contributed by atoms with Crippen LogP contribution >= 0.6 is 15.9 Å². The first-order valence-corrected chi connectivity index (χ1v) is 9.57. The second-order valence-corrected chi connectivity index (χ2v) is 6.93. The molecular weight excluding hydrogens is 378 g/mol. The van der Waals surface area contributed by atoms with Gasteiger partial charge in [0.25, 0.3) is 0 Å². The minimum atomic E-state index is -0.297. The number of carbonyl (C=O) groups is 1. The molecule has 1 aromatic heterocycles. The molecule has 3 rings (SSSR count). The number of aromatic nitrogens is 1. The Labute approximate surface area is 156 Å². The molecule has 25 heavy (non-hydrogen) atoms. The van der Waals surface area contributed by atoms with Crippen molar-refractivity contribution in [2.45, 2.75) is 26.3 Å². The zero-order chi connectivity index (χ0) is 17.8.